The van der Waals surface area contributed by atoms with Gasteiger partial charge in [-0.15, -0.1) is 0 Å². The molecule has 1 aliphatic rings. The fourth-order valence-electron chi connectivity index (χ4n) is 2.84. The minimum absolute atomic E-state index is 0.677. The van der Waals surface area contributed by atoms with Gasteiger partial charge in [0.05, 0.1) is 0 Å². The van der Waals surface area contributed by atoms with Gasteiger partial charge in [-0.25, -0.2) is 0 Å². The molecule has 1 fully saturated rings. The molecule has 1 heterocycles. The Hall–Kier alpha value is -0.120. The van der Waals surface area contributed by atoms with Crippen LogP contribution in [0.4, 0.5) is 0 Å². The maximum atomic E-state index is 3.31. The van der Waals surface area contributed by atoms with Gasteiger partial charge in [-0.2, -0.15) is 0 Å². The van der Waals surface area contributed by atoms with Gasteiger partial charge in [-0.1, -0.05) is 6.42 Å². The highest BCUT2D eigenvalue weighted by atomic mass is 15.1. The van der Waals surface area contributed by atoms with E-state index in [2.05, 4.69) is 43.2 Å². The molecular weight excluding hydrogens is 222 g/mol. The summed E-state index contributed by atoms with van der Waals surface area (Å²) in [6, 6.07) is 0.677. The summed E-state index contributed by atoms with van der Waals surface area (Å²) in [5, 5.41) is 3.31. The lowest BCUT2D eigenvalue weighted by Crippen LogP contribution is -2.37. The number of hydrogen-bond donors (Lipinski definition) is 1. The summed E-state index contributed by atoms with van der Waals surface area (Å²) in [6.45, 7) is 7.49. The van der Waals surface area contributed by atoms with Crippen molar-refractivity contribution in [2.45, 2.75) is 45.1 Å². The molecule has 0 amide bonds. The van der Waals surface area contributed by atoms with E-state index in [4.69, 9.17) is 0 Å². The number of piperidine rings is 1. The molecule has 0 bridgehead atoms. The van der Waals surface area contributed by atoms with Crippen molar-refractivity contribution in [1.29, 1.82) is 0 Å². The summed E-state index contributed by atoms with van der Waals surface area (Å²) in [7, 11) is 6.44. The number of hydrogen-bond acceptors (Lipinski definition) is 3. The van der Waals surface area contributed by atoms with Gasteiger partial charge in [0, 0.05) is 12.6 Å². The van der Waals surface area contributed by atoms with Gasteiger partial charge in [-0.3, -0.25) is 0 Å². The standard InChI is InChI=1S/C15H33N3/c1-14(16-2)7-5-6-10-18-11-8-15(9-12-18)13-17(3)4/h14-16H,5-13H2,1-4H3. The molecule has 1 aliphatic heterocycles. The van der Waals surface area contributed by atoms with Crippen molar-refractivity contribution < 1.29 is 0 Å². The molecule has 0 aromatic rings. The average molecular weight is 255 g/mol. The van der Waals surface area contributed by atoms with Gasteiger partial charge < -0.3 is 15.1 Å². The fourth-order valence-corrected chi connectivity index (χ4v) is 2.84. The molecule has 3 heteroatoms. The Balaban J connectivity index is 2.02. The molecule has 1 unspecified atom stereocenters. The van der Waals surface area contributed by atoms with Crippen LogP contribution in [-0.2, 0) is 0 Å². The number of rotatable bonds is 8. The van der Waals surface area contributed by atoms with E-state index >= 15 is 0 Å². The van der Waals surface area contributed by atoms with Gasteiger partial charge in [0.15, 0.2) is 0 Å². The average Bonchev–Trinajstić information content (AvgIpc) is 2.35. The summed E-state index contributed by atoms with van der Waals surface area (Å²) in [4.78, 5) is 5.00. The van der Waals surface area contributed by atoms with E-state index < -0.39 is 0 Å². The van der Waals surface area contributed by atoms with Crippen LogP contribution in [0.5, 0.6) is 0 Å². The predicted octanol–water partition coefficient (Wildman–Crippen LogP) is 2.04. The largest absolute Gasteiger partial charge is 0.317 e. The van der Waals surface area contributed by atoms with E-state index in [1.807, 2.05) is 0 Å². The van der Waals surface area contributed by atoms with Crippen molar-refractivity contribution in [3.05, 3.63) is 0 Å². The van der Waals surface area contributed by atoms with Crippen LogP contribution in [0.15, 0.2) is 0 Å². The van der Waals surface area contributed by atoms with Crippen molar-refractivity contribution in [2.24, 2.45) is 5.92 Å². The predicted molar refractivity (Wildman–Crippen MR) is 80.1 cm³/mol. The SMILES string of the molecule is CNC(C)CCCCN1CCC(CN(C)C)CC1. The zero-order valence-electron chi connectivity index (χ0n) is 12.9. The molecule has 108 valence electrons. The zero-order valence-corrected chi connectivity index (χ0v) is 12.9. The minimum atomic E-state index is 0.677. The minimum Gasteiger partial charge on any atom is -0.317 e. The first-order chi connectivity index (χ1) is 8.61. The Kier molecular flexibility index (Phi) is 7.87. The molecule has 1 atom stereocenters. The molecule has 0 aliphatic carbocycles. The summed E-state index contributed by atoms with van der Waals surface area (Å²) < 4.78 is 0. The second-order valence-corrected chi connectivity index (χ2v) is 6.23. The Morgan fingerprint density at radius 2 is 1.89 bits per heavy atom. The van der Waals surface area contributed by atoms with Gasteiger partial charge in [0.25, 0.3) is 0 Å². The topological polar surface area (TPSA) is 18.5 Å². The lowest BCUT2D eigenvalue weighted by molar-refractivity contribution is 0.160. The molecule has 0 aromatic heterocycles. The van der Waals surface area contributed by atoms with E-state index in [0.717, 1.165) is 5.92 Å². The highest BCUT2D eigenvalue weighted by molar-refractivity contribution is 4.73. The molecule has 0 spiro atoms. The van der Waals surface area contributed by atoms with Gasteiger partial charge >= 0.3 is 0 Å². The van der Waals surface area contributed by atoms with E-state index in [-0.39, 0.29) is 0 Å². The summed E-state index contributed by atoms with van der Waals surface area (Å²) in [6.07, 6.45) is 6.83. The third kappa shape index (κ3) is 6.72. The van der Waals surface area contributed by atoms with E-state index in [1.165, 1.54) is 58.3 Å². The van der Waals surface area contributed by atoms with Gasteiger partial charge in [-0.05, 0) is 79.3 Å². The van der Waals surface area contributed by atoms with Crippen LogP contribution in [0.2, 0.25) is 0 Å². The molecule has 1 rings (SSSR count). The van der Waals surface area contributed by atoms with Crippen LogP contribution in [-0.4, -0.2) is 63.2 Å². The summed E-state index contributed by atoms with van der Waals surface area (Å²) in [5.74, 6) is 0.931. The third-order valence-corrected chi connectivity index (χ3v) is 4.18. The number of nitrogens with one attached hydrogen (secondary N) is 1. The first-order valence-electron chi connectivity index (χ1n) is 7.66. The Labute approximate surface area is 114 Å². The van der Waals surface area contributed by atoms with Crippen LogP contribution in [0, 0.1) is 5.92 Å². The molecular formula is C15H33N3. The maximum absolute atomic E-state index is 3.31. The lowest BCUT2D eigenvalue weighted by Gasteiger charge is -2.33. The Morgan fingerprint density at radius 1 is 1.22 bits per heavy atom. The second-order valence-electron chi connectivity index (χ2n) is 6.23. The van der Waals surface area contributed by atoms with E-state index in [0.29, 0.717) is 6.04 Å². The molecule has 0 saturated carbocycles. The molecule has 1 saturated heterocycles. The van der Waals surface area contributed by atoms with E-state index in [1.54, 1.807) is 0 Å². The van der Waals surface area contributed by atoms with Crippen LogP contribution in [0.3, 0.4) is 0 Å². The Bertz CT molecular complexity index is 198. The van der Waals surface area contributed by atoms with Crippen LogP contribution in [0.25, 0.3) is 0 Å². The lowest BCUT2D eigenvalue weighted by atomic mass is 9.96. The van der Waals surface area contributed by atoms with Crippen molar-refractivity contribution in [3.63, 3.8) is 0 Å². The fraction of sp³-hybridized carbons (Fsp3) is 1.00. The monoisotopic (exact) mass is 255 g/mol. The second kappa shape index (κ2) is 8.89. The highest BCUT2D eigenvalue weighted by Gasteiger charge is 2.18. The van der Waals surface area contributed by atoms with Crippen LogP contribution >= 0.6 is 0 Å². The first kappa shape index (κ1) is 15.9. The van der Waals surface area contributed by atoms with Crippen LogP contribution in [0.1, 0.15) is 39.0 Å². The molecule has 0 aromatic carbocycles. The molecule has 1 N–H and O–H groups in total. The third-order valence-electron chi connectivity index (χ3n) is 4.18. The number of likely N-dealkylation sites (tertiary alicyclic amines) is 1. The van der Waals surface area contributed by atoms with E-state index in [9.17, 15) is 0 Å². The molecule has 3 nitrogen and oxygen atoms in total. The summed E-state index contributed by atoms with van der Waals surface area (Å²) >= 11 is 0. The van der Waals surface area contributed by atoms with Crippen molar-refractivity contribution in [1.82, 2.24) is 15.1 Å². The first-order valence-corrected chi connectivity index (χ1v) is 7.66. The number of unbranched alkanes of at least 4 members (excludes halogenated alkanes) is 1. The zero-order chi connectivity index (χ0) is 13.4. The van der Waals surface area contributed by atoms with Crippen LogP contribution < -0.4 is 5.32 Å². The van der Waals surface area contributed by atoms with Crippen molar-refractivity contribution >= 4 is 0 Å². The van der Waals surface area contributed by atoms with Crippen molar-refractivity contribution in [3.8, 4) is 0 Å². The molecule has 18 heavy (non-hydrogen) atoms. The quantitative estimate of drug-likeness (QED) is 0.670. The van der Waals surface area contributed by atoms with Gasteiger partial charge in [0.2, 0.25) is 0 Å². The smallest absolute Gasteiger partial charge is 0.00357 e. The maximum Gasteiger partial charge on any atom is 0.00357 e. The number of nitrogens with zero attached hydrogens (tertiary/aromatic N) is 2. The highest BCUT2D eigenvalue weighted by Crippen LogP contribution is 2.18. The normalized spacial score (nSPS) is 20.5. The van der Waals surface area contributed by atoms with Gasteiger partial charge in [0.1, 0.15) is 0 Å². The molecule has 0 radical (unpaired) electrons. The summed E-state index contributed by atoms with van der Waals surface area (Å²) in [5.41, 5.74) is 0. The Morgan fingerprint density at radius 3 is 2.44 bits per heavy atom. The van der Waals surface area contributed by atoms with Crippen molar-refractivity contribution in [2.75, 3.05) is 47.3 Å².